The molecule has 9 nitrogen and oxygen atoms in total. The quantitative estimate of drug-likeness (QED) is 0.342. The first-order valence-electron chi connectivity index (χ1n) is 12.3. The Morgan fingerprint density at radius 3 is 2.49 bits per heavy atom. The number of ether oxygens (including phenoxy) is 2. The zero-order valence-corrected chi connectivity index (χ0v) is 20.8. The van der Waals surface area contributed by atoms with Crippen molar-refractivity contribution >= 4 is 28.1 Å². The highest BCUT2D eigenvalue weighted by molar-refractivity contribution is 5.93. The Morgan fingerprint density at radius 1 is 0.973 bits per heavy atom. The van der Waals surface area contributed by atoms with Gasteiger partial charge in [0, 0.05) is 67.9 Å². The molecule has 0 amide bonds. The maximum atomic E-state index is 9.01. The first-order chi connectivity index (χ1) is 18.2. The topological polar surface area (TPSA) is 99.4 Å². The Hall–Kier alpha value is -4.42. The summed E-state index contributed by atoms with van der Waals surface area (Å²) in [5.74, 6) is 1.96. The molecule has 2 aromatic heterocycles. The van der Waals surface area contributed by atoms with Crippen LogP contribution in [0.4, 0.5) is 17.2 Å². The van der Waals surface area contributed by atoms with Gasteiger partial charge in [0.1, 0.15) is 12.1 Å². The molecule has 0 unspecified atom stereocenters. The van der Waals surface area contributed by atoms with Crippen molar-refractivity contribution in [1.29, 1.82) is 5.26 Å². The third-order valence-corrected chi connectivity index (χ3v) is 6.47. The van der Waals surface area contributed by atoms with Gasteiger partial charge in [0.15, 0.2) is 11.5 Å². The SMILES string of the molecule is COc1cc2c(Nc3ccc(C#N)cc3)ncnc2cc1OCCCN1CCN(c2ccncc2)CC1. The highest BCUT2D eigenvalue weighted by Gasteiger charge is 2.17. The van der Waals surface area contributed by atoms with Crippen LogP contribution in [0, 0.1) is 11.3 Å². The number of pyridine rings is 1. The smallest absolute Gasteiger partial charge is 0.163 e. The number of benzene rings is 2. The zero-order valence-electron chi connectivity index (χ0n) is 20.8. The van der Waals surface area contributed by atoms with Crippen LogP contribution in [-0.2, 0) is 0 Å². The molecule has 0 radical (unpaired) electrons. The molecule has 0 aliphatic carbocycles. The van der Waals surface area contributed by atoms with Crippen molar-refractivity contribution in [2.75, 3.05) is 56.7 Å². The Balaban J connectivity index is 1.17. The molecular weight excluding hydrogens is 466 g/mol. The number of piperazine rings is 1. The summed E-state index contributed by atoms with van der Waals surface area (Å²) in [6.45, 7) is 5.68. The molecule has 9 heteroatoms. The summed E-state index contributed by atoms with van der Waals surface area (Å²) < 4.78 is 11.7. The van der Waals surface area contributed by atoms with Crippen LogP contribution in [0.25, 0.3) is 10.9 Å². The lowest BCUT2D eigenvalue weighted by molar-refractivity contribution is 0.221. The number of nitriles is 1. The fourth-order valence-corrected chi connectivity index (χ4v) is 4.46. The third-order valence-electron chi connectivity index (χ3n) is 6.47. The molecule has 2 aromatic carbocycles. The van der Waals surface area contributed by atoms with E-state index in [-0.39, 0.29) is 0 Å². The van der Waals surface area contributed by atoms with E-state index >= 15 is 0 Å². The summed E-state index contributed by atoms with van der Waals surface area (Å²) >= 11 is 0. The van der Waals surface area contributed by atoms with E-state index in [9.17, 15) is 0 Å². The van der Waals surface area contributed by atoms with Crippen LogP contribution in [-0.4, -0.2) is 66.3 Å². The number of nitrogens with one attached hydrogen (secondary N) is 1. The fraction of sp³-hybridized carbons (Fsp3) is 0.286. The predicted molar refractivity (Wildman–Crippen MR) is 144 cm³/mol. The zero-order chi connectivity index (χ0) is 25.5. The first-order valence-corrected chi connectivity index (χ1v) is 12.3. The summed E-state index contributed by atoms with van der Waals surface area (Å²) in [5.41, 5.74) is 3.43. The predicted octanol–water partition coefficient (Wildman–Crippen LogP) is 4.24. The van der Waals surface area contributed by atoms with Crippen molar-refractivity contribution in [2.24, 2.45) is 0 Å². The highest BCUT2D eigenvalue weighted by atomic mass is 16.5. The van der Waals surface area contributed by atoms with Gasteiger partial charge in [-0.3, -0.25) is 9.88 Å². The number of anilines is 3. The van der Waals surface area contributed by atoms with E-state index in [1.54, 1.807) is 19.2 Å². The van der Waals surface area contributed by atoms with Gasteiger partial charge >= 0.3 is 0 Å². The molecule has 188 valence electrons. The second kappa shape index (κ2) is 11.5. The average molecular weight is 496 g/mol. The lowest BCUT2D eigenvalue weighted by Crippen LogP contribution is -2.46. The molecule has 1 fully saturated rings. The van der Waals surface area contributed by atoms with Gasteiger partial charge in [-0.1, -0.05) is 0 Å². The maximum Gasteiger partial charge on any atom is 0.163 e. The molecule has 3 heterocycles. The monoisotopic (exact) mass is 495 g/mol. The minimum absolute atomic E-state index is 0.591. The summed E-state index contributed by atoms with van der Waals surface area (Å²) in [7, 11) is 1.63. The lowest BCUT2D eigenvalue weighted by Gasteiger charge is -2.36. The van der Waals surface area contributed by atoms with Crippen LogP contribution in [0.15, 0.2) is 67.3 Å². The molecule has 0 spiro atoms. The molecule has 1 aliphatic rings. The van der Waals surface area contributed by atoms with E-state index in [2.05, 4.69) is 48.3 Å². The van der Waals surface area contributed by atoms with Crippen LogP contribution in [0.5, 0.6) is 11.5 Å². The number of hydrogen-bond donors (Lipinski definition) is 1. The van der Waals surface area contributed by atoms with E-state index in [0.717, 1.165) is 55.7 Å². The van der Waals surface area contributed by atoms with Crippen molar-refractivity contribution in [2.45, 2.75) is 6.42 Å². The third kappa shape index (κ3) is 5.88. The molecular formula is C28H29N7O2. The molecule has 37 heavy (non-hydrogen) atoms. The van der Waals surface area contributed by atoms with E-state index in [1.807, 2.05) is 36.7 Å². The molecule has 5 rings (SSSR count). The van der Waals surface area contributed by atoms with Crippen LogP contribution >= 0.6 is 0 Å². The van der Waals surface area contributed by atoms with E-state index in [4.69, 9.17) is 14.7 Å². The number of nitrogens with zero attached hydrogens (tertiary/aromatic N) is 6. The average Bonchev–Trinajstić information content (AvgIpc) is 2.96. The largest absolute Gasteiger partial charge is 0.493 e. The number of hydrogen-bond acceptors (Lipinski definition) is 9. The molecule has 1 N–H and O–H groups in total. The maximum absolute atomic E-state index is 9.01. The summed E-state index contributed by atoms with van der Waals surface area (Å²) in [6, 6.07) is 17.3. The normalized spacial score (nSPS) is 13.8. The van der Waals surface area contributed by atoms with Crippen molar-refractivity contribution in [3.05, 3.63) is 72.8 Å². The molecule has 0 atom stereocenters. The molecule has 0 saturated carbocycles. The van der Waals surface area contributed by atoms with Crippen molar-refractivity contribution in [1.82, 2.24) is 19.9 Å². The van der Waals surface area contributed by atoms with Crippen LogP contribution in [0.2, 0.25) is 0 Å². The van der Waals surface area contributed by atoms with Gasteiger partial charge in [0.05, 0.1) is 30.9 Å². The van der Waals surface area contributed by atoms with Gasteiger partial charge in [0.2, 0.25) is 0 Å². The first kappa shape index (κ1) is 24.3. The van der Waals surface area contributed by atoms with Gasteiger partial charge in [0.25, 0.3) is 0 Å². The fourth-order valence-electron chi connectivity index (χ4n) is 4.46. The van der Waals surface area contributed by atoms with Gasteiger partial charge in [-0.15, -0.1) is 0 Å². The highest BCUT2D eigenvalue weighted by Crippen LogP contribution is 2.34. The summed E-state index contributed by atoms with van der Waals surface area (Å²) in [6.07, 6.45) is 6.14. The minimum atomic E-state index is 0.591. The Labute approximate surface area is 216 Å². The van der Waals surface area contributed by atoms with E-state index in [1.165, 1.54) is 12.0 Å². The van der Waals surface area contributed by atoms with Gasteiger partial charge < -0.3 is 19.7 Å². The second-order valence-corrected chi connectivity index (χ2v) is 8.79. The van der Waals surface area contributed by atoms with Crippen LogP contribution in [0.1, 0.15) is 12.0 Å². The van der Waals surface area contributed by atoms with Crippen molar-refractivity contribution in [3.8, 4) is 17.6 Å². The van der Waals surface area contributed by atoms with Gasteiger partial charge in [-0.25, -0.2) is 9.97 Å². The number of fused-ring (bicyclic) bond motifs is 1. The molecule has 0 bridgehead atoms. The van der Waals surface area contributed by atoms with E-state index in [0.29, 0.717) is 29.5 Å². The number of methoxy groups -OCH3 is 1. The lowest BCUT2D eigenvalue weighted by atomic mass is 10.2. The molecule has 1 saturated heterocycles. The number of rotatable bonds is 9. The Kier molecular flexibility index (Phi) is 7.58. The summed E-state index contributed by atoms with van der Waals surface area (Å²) in [5, 5.41) is 13.1. The van der Waals surface area contributed by atoms with Crippen LogP contribution < -0.4 is 19.7 Å². The number of aromatic nitrogens is 3. The minimum Gasteiger partial charge on any atom is -0.493 e. The summed E-state index contributed by atoms with van der Waals surface area (Å²) in [4.78, 5) is 17.8. The van der Waals surface area contributed by atoms with E-state index < -0.39 is 0 Å². The Bertz CT molecular complexity index is 1370. The van der Waals surface area contributed by atoms with Crippen molar-refractivity contribution in [3.63, 3.8) is 0 Å². The molecule has 4 aromatic rings. The second-order valence-electron chi connectivity index (χ2n) is 8.79. The molecule has 1 aliphatic heterocycles. The van der Waals surface area contributed by atoms with Gasteiger partial charge in [-0.05, 0) is 48.9 Å². The van der Waals surface area contributed by atoms with Crippen LogP contribution in [0.3, 0.4) is 0 Å². The Morgan fingerprint density at radius 2 is 1.76 bits per heavy atom. The van der Waals surface area contributed by atoms with Crippen molar-refractivity contribution < 1.29 is 9.47 Å². The standard InChI is InChI=1S/C28H29N7O2/c1-36-26-17-24-25(31-20-32-28(24)33-22-5-3-21(19-29)4-6-22)18-27(26)37-16-2-11-34-12-14-35(15-13-34)23-7-9-30-10-8-23/h3-10,17-18,20H,2,11-16H2,1H3,(H,31,32,33). The van der Waals surface area contributed by atoms with Gasteiger partial charge in [-0.2, -0.15) is 5.26 Å².